The summed E-state index contributed by atoms with van der Waals surface area (Å²) in [4.78, 5) is 8.66. The molecule has 0 fully saturated rings. The van der Waals surface area contributed by atoms with Crippen LogP contribution < -0.4 is 5.32 Å². The Morgan fingerprint density at radius 2 is 1.68 bits per heavy atom. The highest BCUT2D eigenvalue weighted by Gasteiger charge is 2.13. The summed E-state index contributed by atoms with van der Waals surface area (Å²) in [5.74, 6) is -0.404. The zero-order valence-corrected chi connectivity index (χ0v) is 20.2. The number of nitrogens with one attached hydrogen (secondary N) is 1. The number of furan rings is 1. The maximum absolute atomic E-state index is 14.8. The molecule has 0 aliphatic carbocycles. The summed E-state index contributed by atoms with van der Waals surface area (Å²) in [6, 6.07) is 12.2. The minimum atomic E-state index is -2.90. The average Bonchev–Trinajstić information content (AvgIpc) is 3.35. The van der Waals surface area contributed by atoms with E-state index in [4.69, 9.17) is 9.31 Å². The molecule has 1 aromatic heterocycles. The third kappa shape index (κ3) is 8.48. The molecule has 34 heavy (non-hydrogen) atoms. The van der Waals surface area contributed by atoms with Crippen molar-refractivity contribution < 1.29 is 27.2 Å². The molecule has 0 bridgehead atoms. The molecule has 3 aromatic rings. The van der Waals surface area contributed by atoms with Crippen molar-refractivity contribution in [3.05, 3.63) is 83.3 Å². The molecular formula is C26H32F2NO4P. The van der Waals surface area contributed by atoms with Gasteiger partial charge in [0.1, 0.15) is 11.6 Å². The second kappa shape index (κ2) is 14.2. The summed E-state index contributed by atoms with van der Waals surface area (Å²) in [6.45, 7) is 1.08. The van der Waals surface area contributed by atoms with Gasteiger partial charge in [-0.25, -0.2) is 8.78 Å². The average molecular weight is 492 g/mol. The van der Waals surface area contributed by atoms with E-state index in [1.54, 1.807) is 24.7 Å². The van der Waals surface area contributed by atoms with Gasteiger partial charge in [0.2, 0.25) is 0 Å². The Kier molecular flexibility index (Phi) is 11.0. The standard InChI is InChI=1S/C26H32F2NO4P/c27-25-11-6-5-9-20(25)8-3-1-2-4-10-21-17-26(28)23(16-24(21)22-12-15-32-19-22)18-29-13-7-14-33-34(30)31/h5-6,9,11-12,15-17,19,29,34H,1-4,7-8,10,13-14,18H2,(H,30,31). The first-order valence-electron chi connectivity index (χ1n) is 11.7. The van der Waals surface area contributed by atoms with Gasteiger partial charge in [0.05, 0.1) is 19.1 Å². The molecule has 3 rings (SSSR count). The molecular weight excluding hydrogens is 459 g/mol. The molecule has 0 spiro atoms. The first-order chi connectivity index (χ1) is 16.5. The zero-order chi connectivity index (χ0) is 24.2. The van der Waals surface area contributed by atoms with E-state index in [0.29, 0.717) is 25.1 Å². The minimum Gasteiger partial charge on any atom is -0.472 e. The van der Waals surface area contributed by atoms with E-state index in [-0.39, 0.29) is 18.2 Å². The quantitative estimate of drug-likeness (QED) is 0.189. The molecule has 8 heteroatoms. The molecule has 0 radical (unpaired) electrons. The minimum absolute atomic E-state index is 0.145. The molecule has 1 heterocycles. The third-order valence-electron chi connectivity index (χ3n) is 5.74. The summed E-state index contributed by atoms with van der Waals surface area (Å²) in [6.07, 6.45) is 9.15. The molecule has 0 amide bonds. The summed E-state index contributed by atoms with van der Waals surface area (Å²) >= 11 is 0. The van der Waals surface area contributed by atoms with Crippen LogP contribution in [0.25, 0.3) is 11.1 Å². The van der Waals surface area contributed by atoms with Crippen LogP contribution in [0.4, 0.5) is 8.78 Å². The maximum atomic E-state index is 14.8. The number of halogens is 2. The molecule has 2 aromatic carbocycles. The Hall–Kier alpha value is -2.31. The highest BCUT2D eigenvalue weighted by Crippen LogP contribution is 2.29. The van der Waals surface area contributed by atoms with E-state index in [1.165, 1.54) is 6.07 Å². The first kappa shape index (κ1) is 26.3. The highest BCUT2D eigenvalue weighted by atomic mass is 31.1. The summed E-state index contributed by atoms with van der Waals surface area (Å²) in [7, 11) is -2.90. The van der Waals surface area contributed by atoms with E-state index < -0.39 is 8.25 Å². The lowest BCUT2D eigenvalue weighted by atomic mass is 9.94. The predicted octanol–water partition coefficient (Wildman–Crippen LogP) is 6.45. The van der Waals surface area contributed by atoms with Gasteiger partial charge in [0, 0.05) is 17.7 Å². The number of hydrogen-bond acceptors (Lipinski definition) is 4. The lowest BCUT2D eigenvalue weighted by Gasteiger charge is -2.13. The van der Waals surface area contributed by atoms with Gasteiger partial charge in [0.25, 0.3) is 0 Å². The SMILES string of the molecule is O=[PH](O)OCCCNCc1cc(-c2ccoc2)c(CCCCCCc2ccccc2F)cc1F. The van der Waals surface area contributed by atoms with Crippen molar-refractivity contribution in [3.63, 3.8) is 0 Å². The van der Waals surface area contributed by atoms with Gasteiger partial charge in [-0.05, 0) is 79.6 Å². The van der Waals surface area contributed by atoms with Crippen molar-refractivity contribution in [2.45, 2.75) is 51.5 Å². The Balaban J connectivity index is 1.51. The molecule has 5 nitrogen and oxygen atoms in total. The molecule has 1 unspecified atom stereocenters. The lowest BCUT2D eigenvalue weighted by molar-refractivity contribution is 0.276. The van der Waals surface area contributed by atoms with Gasteiger partial charge in [-0.15, -0.1) is 0 Å². The maximum Gasteiger partial charge on any atom is 0.316 e. The third-order valence-corrected chi connectivity index (χ3v) is 6.19. The number of rotatable bonds is 15. The first-order valence-corrected chi connectivity index (χ1v) is 12.9. The molecule has 0 aliphatic rings. The van der Waals surface area contributed by atoms with Gasteiger partial charge in [0.15, 0.2) is 0 Å². The predicted molar refractivity (Wildman–Crippen MR) is 130 cm³/mol. The van der Waals surface area contributed by atoms with Crippen LogP contribution in [0.15, 0.2) is 59.4 Å². The van der Waals surface area contributed by atoms with Crippen molar-refractivity contribution in [2.24, 2.45) is 0 Å². The van der Waals surface area contributed by atoms with Crippen molar-refractivity contribution in [1.82, 2.24) is 5.32 Å². The monoisotopic (exact) mass is 491 g/mol. The van der Waals surface area contributed by atoms with Crippen LogP contribution >= 0.6 is 8.25 Å². The summed E-state index contributed by atoms with van der Waals surface area (Å²) in [5, 5.41) is 3.15. The van der Waals surface area contributed by atoms with E-state index in [9.17, 15) is 13.3 Å². The summed E-state index contributed by atoms with van der Waals surface area (Å²) < 4.78 is 49.0. The molecule has 0 saturated carbocycles. The van der Waals surface area contributed by atoms with E-state index in [0.717, 1.165) is 60.8 Å². The largest absolute Gasteiger partial charge is 0.472 e. The van der Waals surface area contributed by atoms with Gasteiger partial charge in [-0.2, -0.15) is 0 Å². The van der Waals surface area contributed by atoms with Gasteiger partial charge in [-0.1, -0.05) is 31.0 Å². The van der Waals surface area contributed by atoms with Crippen LogP contribution in [-0.2, 0) is 28.5 Å². The Labute approximate surface area is 200 Å². The number of aryl methyl sites for hydroxylation is 2. The van der Waals surface area contributed by atoms with Crippen LogP contribution in [0, 0.1) is 11.6 Å². The van der Waals surface area contributed by atoms with Crippen molar-refractivity contribution in [1.29, 1.82) is 0 Å². The van der Waals surface area contributed by atoms with Gasteiger partial charge >= 0.3 is 8.25 Å². The van der Waals surface area contributed by atoms with Gasteiger partial charge < -0.3 is 19.2 Å². The number of benzene rings is 2. The highest BCUT2D eigenvalue weighted by molar-refractivity contribution is 7.32. The number of hydrogen-bond donors (Lipinski definition) is 2. The fraction of sp³-hybridized carbons (Fsp3) is 0.385. The number of unbranched alkanes of at least 4 members (excludes halogenated alkanes) is 3. The smallest absolute Gasteiger partial charge is 0.316 e. The second-order valence-electron chi connectivity index (χ2n) is 8.26. The topological polar surface area (TPSA) is 71.7 Å². The van der Waals surface area contributed by atoms with Gasteiger partial charge in [-0.3, -0.25) is 4.57 Å². The molecule has 0 aliphatic heterocycles. The molecule has 2 N–H and O–H groups in total. The normalized spacial score (nSPS) is 12.2. The lowest BCUT2D eigenvalue weighted by Crippen LogP contribution is -2.17. The summed E-state index contributed by atoms with van der Waals surface area (Å²) in [5.41, 5.74) is 4.13. The van der Waals surface area contributed by atoms with Crippen molar-refractivity contribution in [3.8, 4) is 11.1 Å². The van der Waals surface area contributed by atoms with Crippen LogP contribution in [-0.4, -0.2) is 18.0 Å². The van der Waals surface area contributed by atoms with Crippen LogP contribution in [0.5, 0.6) is 0 Å². The van der Waals surface area contributed by atoms with Crippen molar-refractivity contribution >= 4 is 8.25 Å². The van der Waals surface area contributed by atoms with Crippen molar-refractivity contribution in [2.75, 3.05) is 13.2 Å². The Morgan fingerprint density at radius 1 is 0.912 bits per heavy atom. The van der Waals surface area contributed by atoms with Crippen LogP contribution in [0.1, 0.15) is 48.8 Å². The zero-order valence-electron chi connectivity index (χ0n) is 19.2. The fourth-order valence-corrected chi connectivity index (χ4v) is 4.27. The molecule has 1 atom stereocenters. The Morgan fingerprint density at radius 3 is 2.38 bits per heavy atom. The van der Waals surface area contributed by atoms with Crippen LogP contribution in [0.2, 0.25) is 0 Å². The van der Waals surface area contributed by atoms with E-state index >= 15 is 0 Å². The Bertz CT molecular complexity index is 1040. The second-order valence-corrected chi connectivity index (χ2v) is 9.08. The van der Waals surface area contributed by atoms with E-state index in [1.807, 2.05) is 24.3 Å². The molecule has 184 valence electrons. The molecule has 0 saturated heterocycles. The van der Waals surface area contributed by atoms with E-state index in [2.05, 4.69) is 9.84 Å². The van der Waals surface area contributed by atoms with Crippen LogP contribution in [0.3, 0.4) is 0 Å². The fourth-order valence-electron chi connectivity index (χ4n) is 3.95.